The van der Waals surface area contributed by atoms with Crippen LogP contribution in [0.2, 0.25) is 0 Å². The largest absolute Gasteiger partial charge is 0.363 e. The van der Waals surface area contributed by atoms with Gasteiger partial charge in [0.1, 0.15) is 12.3 Å². The molecule has 1 N–H and O–H groups in total. The first-order chi connectivity index (χ1) is 9.60. The Kier molecular flexibility index (Phi) is 3.25. The van der Waals surface area contributed by atoms with Gasteiger partial charge in [-0.2, -0.15) is 0 Å². The molecular formula is C14H19N3O3. The maximum absolute atomic E-state index is 12.4. The molecule has 0 atom stereocenters. The summed E-state index contributed by atoms with van der Waals surface area (Å²) < 4.78 is 7.54. The molecule has 3 rings (SSSR count). The summed E-state index contributed by atoms with van der Waals surface area (Å²) in [6.45, 7) is 2.02. The van der Waals surface area contributed by atoms with Crippen molar-refractivity contribution in [2.45, 2.75) is 18.4 Å². The van der Waals surface area contributed by atoms with E-state index in [4.69, 9.17) is 4.74 Å². The molecule has 0 radical (unpaired) electrons. The second-order valence-electron chi connectivity index (χ2n) is 5.54. The van der Waals surface area contributed by atoms with Crippen molar-refractivity contribution in [1.82, 2.24) is 14.8 Å². The number of carbonyl (C=O) groups excluding carboxylic acids is 2. The summed E-state index contributed by atoms with van der Waals surface area (Å²) in [4.78, 5) is 25.4. The van der Waals surface area contributed by atoms with Crippen LogP contribution in [0.4, 0.5) is 0 Å². The molecule has 0 saturated carbocycles. The molecule has 2 aliphatic heterocycles. The van der Waals surface area contributed by atoms with E-state index in [9.17, 15) is 9.59 Å². The number of aromatic nitrogens is 1. The quantitative estimate of drug-likeness (QED) is 0.794. The highest BCUT2D eigenvalue weighted by Gasteiger charge is 2.40. The van der Waals surface area contributed by atoms with E-state index in [0.29, 0.717) is 25.3 Å². The topological polar surface area (TPSA) is 63.6 Å². The Bertz CT molecular complexity index is 518. The normalized spacial score (nSPS) is 21.9. The van der Waals surface area contributed by atoms with E-state index >= 15 is 0 Å². The van der Waals surface area contributed by atoms with Gasteiger partial charge in [0.25, 0.3) is 5.91 Å². The van der Waals surface area contributed by atoms with Crippen molar-refractivity contribution in [1.29, 1.82) is 0 Å². The van der Waals surface area contributed by atoms with Crippen LogP contribution < -0.4 is 5.32 Å². The smallest absolute Gasteiger partial charge is 0.270 e. The molecule has 2 amide bonds. The fourth-order valence-electron chi connectivity index (χ4n) is 2.86. The van der Waals surface area contributed by atoms with Gasteiger partial charge in [0, 0.05) is 32.9 Å². The van der Waals surface area contributed by atoms with E-state index in [1.165, 1.54) is 0 Å². The number of morpholine rings is 1. The number of amides is 2. The summed E-state index contributed by atoms with van der Waals surface area (Å²) in [5.41, 5.74) is 0.428. The number of ether oxygens (including phenoxy) is 1. The molecule has 0 bridgehead atoms. The van der Waals surface area contributed by atoms with Crippen LogP contribution in [0.1, 0.15) is 23.3 Å². The van der Waals surface area contributed by atoms with Gasteiger partial charge in [0.2, 0.25) is 5.91 Å². The van der Waals surface area contributed by atoms with Crippen LogP contribution in [0, 0.1) is 0 Å². The molecule has 20 heavy (non-hydrogen) atoms. The third kappa shape index (κ3) is 2.31. The zero-order chi connectivity index (χ0) is 14.2. The minimum atomic E-state index is -0.279. The molecule has 1 aromatic rings. The van der Waals surface area contributed by atoms with E-state index in [1.54, 1.807) is 0 Å². The number of rotatable bonds is 1. The summed E-state index contributed by atoms with van der Waals surface area (Å²) in [6.07, 6.45) is 3.41. The average Bonchev–Trinajstić information content (AvgIpc) is 2.89. The number of nitrogens with zero attached hydrogens (tertiary/aromatic N) is 2. The third-order valence-corrected chi connectivity index (χ3v) is 4.24. The third-order valence-electron chi connectivity index (χ3n) is 4.24. The van der Waals surface area contributed by atoms with Crippen molar-refractivity contribution in [3.8, 4) is 0 Å². The van der Waals surface area contributed by atoms with Gasteiger partial charge in [-0.1, -0.05) is 0 Å². The van der Waals surface area contributed by atoms with Crippen molar-refractivity contribution >= 4 is 11.8 Å². The Balaban J connectivity index is 1.63. The number of hydrogen-bond acceptors (Lipinski definition) is 3. The van der Waals surface area contributed by atoms with E-state index in [1.807, 2.05) is 34.8 Å². The molecule has 1 spiro atoms. The number of likely N-dealkylation sites (tertiary alicyclic amines) is 1. The summed E-state index contributed by atoms with van der Waals surface area (Å²) in [6, 6.07) is 3.71. The van der Waals surface area contributed by atoms with E-state index in [-0.39, 0.29) is 24.0 Å². The highest BCUT2D eigenvalue weighted by molar-refractivity contribution is 5.92. The lowest BCUT2D eigenvalue weighted by atomic mass is 9.90. The fourth-order valence-corrected chi connectivity index (χ4v) is 2.86. The van der Waals surface area contributed by atoms with Crippen molar-refractivity contribution in [3.63, 3.8) is 0 Å². The molecule has 108 valence electrons. The number of nitrogens with one attached hydrogen (secondary N) is 1. The van der Waals surface area contributed by atoms with Crippen LogP contribution in [-0.4, -0.2) is 53.1 Å². The number of carbonyl (C=O) groups is 2. The van der Waals surface area contributed by atoms with Crippen LogP contribution in [0.15, 0.2) is 18.3 Å². The monoisotopic (exact) mass is 277 g/mol. The van der Waals surface area contributed by atoms with Gasteiger partial charge < -0.3 is 19.5 Å². The minimum absolute atomic E-state index is 0.0575. The Morgan fingerprint density at radius 1 is 1.40 bits per heavy atom. The summed E-state index contributed by atoms with van der Waals surface area (Å²) in [5.74, 6) is 0.00476. The van der Waals surface area contributed by atoms with Crippen LogP contribution in [-0.2, 0) is 16.6 Å². The van der Waals surface area contributed by atoms with Gasteiger partial charge in [0.05, 0.1) is 5.60 Å². The predicted molar refractivity (Wildman–Crippen MR) is 72.2 cm³/mol. The number of aryl methyl sites for hydroxylation is 1. The van der Waals surface area contributed by atoms with E-state index < -0.39 is 0 Å². The van der Waals surface area contributed by atoms with Gasteiger partial charge in [-0.25, -0.2) is 0 Å². The van der Waals surface area contributed by atoms with Crippen LogP contribution in [0.3, 0.4) is 0 Å². The lowest BCUT2D eigenvalue weighted by Gasteiger charge is -2.43. The minimum Gasteiger partial charge on any atom is -0.363 e. The number of piperidine rings is 1. The van der Waals surface area contributed by atoms with Crippen LogP contribution in [0.5, 0.6) is 0 Å². The molecule has 0 unspecified atom stereocenters. The molecule has 3 heterocycles. The first-order valence-corrected chi connectivity index (χ1v) is 6.91. The predicted octanol–water partition coefficient (Wildman–Crippen LogP) is 0.146. The molecule has 0 aromatic carbocycles. The van der Waals surface area contributed by atoms with Crippen molar-refractivity contribution < 1.29 is 14.3 Å². The SMILES string of the molecule is Cn1cccc1C(=O)N1CCC2(CC1)CNC(=O)CO2. The van der Waals surface area contributed by atoms with Crippen LogP contribution >= 0.6 is 0 Å². The molecule has 6 heteroatoms. The summed E-state index contributed by atoms with van der Waals surface area (Å²) in [5, 5.41) is 2.85. The molecule has 2 aliphatic rings. The van der Waals surface area contributed by atoms with Crippen molar-refractivity contribution in [2.75, 3.05) is 26.2 Å². The first kappa shape index (κ1) is 13.2. The second kappa shape index (κ2) is 4.94. The molecule has 2 saturated heterocycles. The summed E-state index contributed by atoms with van der Waals surface area (Å²) in [7, 11) is 1.87. The van der Waals surface area contributed by atoms with Crippen molar-refractivity contribution in [3.05, 3.63) is 24.0 Å². The van der Waals surface area contributed by atoms with Gasteiger partial charge in [0.15, 0.2) is 0 Å². The van der Waals surface area contributed by atoms with E-state index in [0.717, 1.165) is 12.8 Å². The number of hydrogen-bond donors (Lipinski definition) is 1. The molecular weight excluding hydrogens is 258 g/mol. The standard InChI is InChI=1S/C14H19N3O3/c1-16-6-2-3-11(16)13(19)17-7-4-14(5-8-17)10-15-12(18)9-20-14/h2-3,6H,4-5,7-10H2,1H3,(H,15,18). The highest BCUT2D eigenvalue weighted by atomic mass is 16.5. The zero-order valence-corrected chi connectivity index (χ0v) is 11.6. The molecule has 6 nitrogen and oxygen atoms in total. The molecule has 1 aromatic heterocycles. The maximum atomic E-state index is 12.4. The van der Waals surface area contributed by atoms with Gasteiger partial charge >= 0.3 is 0 Å². The lowest BCUT2D eigenvalue weighted by Crippen LogP contribution is -2.58. The lowest BCUT2D eigenvalue weighted by molar-refractivity contribution is -0.149. The van der Waals surface area contributed by atoms with Gasteiger partial charge in [-0.15, -0.1) is 0 Å². The Hall–Kier alpha value is -1.82. The fraction of sp³-hybridized carbons (Fsp3) is 0.571. The van der Waals surface area contributed by atoms with Crippen LogP contribution in [0.25, 0.3) is 0 Å². The van der Waals surface area contributed by atoms with Gasteiger partial charge in [-0.05, 0) is 25.0 Å². The first-order valence-electron chi connectivity index (χ1n) is 6.91. The van der Waals surface area contributed by atoms with Crippen molar-refractivity contribution in [2.24, 2.45) is 7.05 Å². The zero-order valence-electron chi connectivity index (χ0n) is 11.6. The maximum Gasteiger partial charge on any atom is 0.270 e. The highest BCUT2D eigenvalue weighted by Crippen LogP contribution is 2.28. The Morgan fingerprint density at radius 2 is 2.15 bits per heavy atom. The Labute approximate surface area is 117 Å². The van der Waals surface area contributed by atoms with E-state index in [2.05, 4.69) is 5.32 Å². The second-order valence-corrected chi connectivity index (χ2v) is 5.54. The summed E-state index contributed by atoms with van der Waals surface area (Å²) >= 11 is 0. The average molecular weight is 277 g/mol. The molecule has 0 aliphatic carbocycles. The molecule has 2 fully saturated rings. The Morgan fingerprint density at radius 3 is 2.70 bits per heavy atom. The van der Waals surface area contributed by atoms with Gasteiger partial charge in [-0.3, -0.25) is 9.59 Å².